The molecule has 9 aliphatic rings. The molecule has 0 aromatic heterocycles. The monoisotopic (exact) mass is 897 g/mol. The van der Waals surface area contributed by atoms with E-state index < -0.39 is 0 Å². The van der Waals surface area contributed by atoms with Crippen LogP contribution in [0.3, 0.4) is 0 Å². The van der Waals surface area contributed by atoms with E-state index in [1.165, 1.54) is 154 Å². The van der Waals surface area contributed by atoms with Crippen LogP contribution in [0, 0.1) is 70.0 Å². The maximum absolute atomic E-state index is 16.1. The molecule has 0 radical (unpaired) electrons. The second-order valence-electron chi connectivity index (χ2n) is 24.9. The topological polar surface area (TPSA) is 34.1 Å². The fourth-order valence-electron chi connectivity index (χ4n) is 15.8. The first-order chi connectivity index (χ1) is 28.8. The van der Waals surface area contributed by atoms with Gasteiger partial charge in [-0.2, -0.15) is 47.0 Å². The summed E-state index contributed by atoms with van der Waals surface area (Å²) in [4.78, 5) is 32.1. The number of carbonyl (C=O) groups excluding carboxylic acids is 2. The molecular formula is C54H88O2S4. The number of Topliss-reactive ketones (excluding diaryl/α,β-unsaturated/α-hetero) is 2. The summed E-state index contributed by atoms with van der Waals surface area (Å²) in [5.74, 6) is 6.45. The van der Waals surface area contributed by atoms with Crippen molar-refractivity contribution in [3.05, 3.63) is 0 Å². The molecule has 0 aromatic carbocycles. The lowest BCUT2D eigenvalue weighted by atomic mass is 9.58. The van der Waals surface area contributed by atoms with Crippen LogP contribution in [-0.4, -0.2) is 53.6 Å². The molecule has 0 bridgehead atoms. The molecule has 0 aromatic rings. The molecule has 9 rings (SSSR count). The quantitative estimate of drug-likeness (QED) is 0.241. The Hall–Kier alpha value is 0.740. The van der Waals surface area contributed by atoms with Crippen LogP contribution in [0.4, 0.5) is 0 Å². The minimum Gasteiger partial charge on any atom is -0.299 e. The van der Waals surface area contributed by atoms with E-state index in [0.717, 1.165) is 48.3 Å². The maximum Gasteiger partial charge on any atom is 0.142 e. The molecule has 9 saturated carbocycles. The zero-order valence-corrected chi connectivity index (χ0v) is 42.5. The predicted octanol–water partition coefficient (Wildman–Crippen LogP) is 15.5. The summed E-state index contributed by atoms with van der Waals surface area (Å²) in [5, 5.41) is 4.11. The molecule has 0 aliphatic heterocycles. The van der Waals surface area contributed by atoms with Crippen molar-refractivity contribution in [2.75, 3.05) is 0 Å². The van der Waals surface area contributed by atoms with E-state index in [4.69, 9.17) is 0 Å². The second kappa shape index (κ2) is 19.5. The molecule has 0 amide bonds. The van der Waals surface area contributed by atoms with Gasteiger partial charge in [-0.05, 0) is 162 Å². The third-order valence-corrected chi connectivity index (χ3v) is 26.3. The Balaban J connectivity index is 0.986. The highest BCUT2D eigenvalue weighted by Gasteiger charge is 2.61. The van der Waals surface area contributed by atoms with Gasteiger partial charge in [0.05, 0.1) is 0 Å². The Morgan fingerprint density at radius 1 is 0.333 bits per heavy atom. The molecule has 0 spiro atoms. The minimum atomic E-state index is -0.0418. The number of rotatable bonds is 8. The Morgan fingerprint density at radius 2 is 0.617 bits per heavy atom. The molecule has 0 heterocycles. The Bertz CT molecular complexity index is 1340. The Morgan fingerprint density at radius 3 is 0.933 bits per heavy atom. The van der Waals surface area contributed by atoms with Crippen LogP contribution in [-0.2, 0) is 9.59 Å². The molecule has 14 unspecified atom stereocenters. The fraction of sp³-hybridized carbons (Fsp3) is 0.963. The van der Waals surface area contributed by atoms with Crippen LogP contribution in [0.15, 0.2) is 0 Å². The maximum atomic E-state index is 16.1. The third-order valence-electron chi connectivity index (χ3n) is 19.4. The number of carbonyl (C=O) groups is 2. The van der Waals surface area contributed by atoms with Crippen molar-refractivity contribution in [3.63, 3.8) is 0 Å². The molecule has 6 heteroatoms. The Kier molecular flexibility index (Phi) is 14.9. The number of fused-ring (bicyclic) bond motifs is 4. The summed E-state index contributed by atoms with van der Waals surface area (Å²) < 4.78 is 0. The molecule has 14 atom stereocenters. The zero-order chi connectivity index (χ0) is 41.8. The molecule has 9 fully saturated rings. The molecular weight excluding hydrogens is 809 g/mol. The summed E-state index contributed by atoms with van der Waals surface area (Å²) in [7, 11) is 0. The first kappa shape index (κ1) is 45.9. The largest absolute Gasteiger partial charge is 0.299 e. The van der Waals surface area contributed by atoms with Gasteiger partial charge < -0.3 is 0 Å². The predicted molar refractivity (Wildman–Crippen MR) is 265 cm³/mol. The highest BCUT2D eigenvalue weighted by molar-refractivity contribution is 8.01. The van der Waals surface area contributed by atoms with Gasteiger partial charge in [-0.3, -0.25) is 9.59 Å². The smallest absolute Gasteiger partial charge is 0.142 e. The van der Waals surface area contributed by atoms with Crippen LogP contribution in [0.25, 0.3) is 0 Å². The van der Waals surface area contributed by atoms with E-state index in [1.807, 2.05) is 0 Å². The number of hydrogen-bond acceptors (Lipinski definition) is 6. The van der Waals surface area contributed by atoms with E-state index in [1.54, 1.807) is 0 Å². The van der Waals surface area contributed by atoms with E-state index in [2.05, 4.69) is 88.6 Å². The molecule has 0 saturated heterocycles. The number of ketones is 2. The van der Waals surface area contributed by atoms with Crippen LogP contribution in [0.1, 0.15) is 208 Å². The first-order valence-electron chi connectivity index (χ1n) is 26.5. The van der Waals surface area contributed by atoms with Crippen molar-refractivity contribution < 1.29 is 9.59 Å². The van der Waals surface area contributed by atoms with Crippen molar-refractivity contribution in [1.82, 2.24) is 0 Å². The van der Waals surface area contributed by atoms with E-state index >= 15 is 9.59 Å². The van der Waals surface area contributed by atoms with Crippen molar-refractivity contribution in [2.45, 2.75) is 250 Å². The fourth-order valence-corrected chi connectivity index (χ4v) is 23.1. The summed E-state index contributed by atoms with van der Waals surface area (Å²) >= 11 is 9.00. The summed E-state index contributed by atoms with van der Waals surface area (Å²) in [6.45, 7) is 14.7. The lowest BCUT2D eigenvalue weighted by Crippen LogP contribution is -2.62. The SMILES string of the molecule is CC(C)(C)C1CCC(SC2CCC(SC3CCC(C(C)(C)C)CC3)C3C(=O)C4C(SC5CCC6CCCCC6C5)CCC(SC5CCC6CCCCC6C5)C4C(=O)C23)CC1. The highest BCUT2D eigenvalue weighted by atomic mass is 32.2. The lowest BCUT2D eigenvalue weighted by molar-refractivity contribution is -0.149. The van der Waals surface area contributed by atoms with E-state index in [9.17, 15) is 0 Å². The number of hydrogen-bond donors (Lipinski definition) is 0. The van der Waals surface area contributed by atoms with E-state index in [-0.39, 0.29) is 23.7 Å². The van der Waals surface area contributed by atoms with Crippen LogP contribution < -0.4 is 0 Å². The Labute approximate surface area is 386 Å². The average molecular weight is 898 g/mol. The normalized spacial score (nSPS) is 46.8. The zero-order valence-electron chi connectivity index (χ0n) is 39.2. The average Bonchev–Trinajstić information content (AvgIpc) is 3.23. The van der Waals surface area contributed by atoms with Gasteiger partial charge in [-0.1, -0.05) is 92.9 Å². The van der Waals surface area contributed by atoms with Gasteiger partial charge in [0, 0.05) is 65.7 Å². The van der Waals surface area contributed by atoms with Gasteiger partial charge in [-0.15, -0.1) is 0 Å². The molecule has 60 heavy (non-hydrogen) atoms. The van der Waals surface area contributed by atoms with Crippen molar-refractivity contribution in [3.8, 4) is 0 Å². The minimum absolute atomic E-state index is 0.0317. The lowest BCUT2D eigenvalue weighted by Gasteiger charge is -2.54. The van der Waals surface area contributed by atoms with Crippen molar-refractivity contribution in [1.29, 1.82) is 0 Å². The third kappa shape index (κ3) is 10.2. The van der Waals surface area contributed by atoms with E-state index in [0.29, 0.717) is 64.4 Å². The molecule has 0 N–H and O–H groups in total. The second-order valence-corrected chi connectivity index (χ2v) is 31.1. The van der Waals surface area contributed by atoms with Crippen molar-refractivity contribution >= 4 is 58.6 Å². The van der Waals surface area contributed by atoms with Gasteiger partial charge >= 0.3 is 0 Å². The molecule has 340 valence electrons. The van der Waals surface area contributed by atoms with Gasteiger partial charge in [0.25, 0.3) is 0 Å². The molecule has 2 nitrogen and oxygen atoms in total. The van der Waals surface area contributed by atoms with Crippen LogP contribution in [0.2, 0.25) is 0 Å². The van der Waals surface area contributed by atoms with Crippen LogP contribution in [0.5, 0.6) is 0 Å². The van der Waals surface area contributed by atoms with Gasteiger partial charge in [-0.25, -0.2) is 0 Å². The summed E-state index contributed by atoms with van der Waals surface area (Å²) in [5.41, 5.74) is 0.772. The van der Waals surface area contributed by atoms with Gasteiger partial charge in [0.1, 0.15) is 11.6 Å². The van der Waals surface area contributed by atoms with Crippen LogP contribution >= 0.6 is 47.0 Å². The first-order valence-corrected chi connectivity index (χ1v) is 30.3. The summed E-state index contributed by atoms with van der Waals surface area (Å²) in [6.07, 6.45) is 35.0. The number of thioether (sulfide) groups is 4. The van der Waals surface area contributed by atoms with Gasteiger partial charge in [0.15, 0.2) is 0 Å². The standard InChI is InChI=1S/C54H88O2S4/c1-53(2,3)37-17-23-39(24-18-37)57-43-27-28-44(58-40-25-19-38(20-26-40)54(4,5)6)48-47(43)51(55)49-45(59-41-21-15-33-11-7-9-13-35(33)31-41)29-30-46(50(49)52(48)56)60-42-22-16-34-12-8-10-14-36(34)32-42/h33-50H,7-32H2,1-6H3. The van der Waals surface area contributed by atoms with Crippen molar-refractivity contribution in [2.24, 2.45) is 70.0 Å². The summed E-state index contributed by atoms with van der Waals surface area (Å²) in [6, 6.07) is 0. The van der Waals surface area contributed by atoms with Gasteiger partial charge in [0.2, 0.25) is 0 Å². The highest BCUT2D eigenvalue weighted by Crippen LogP contribution is 2.59. The molecule has 9 aliphatic carbocycles.